The topological polar surface area (TPSA) is 60.0 Å². The first-order valence-corrected chi connectivity index (χ1v) is 10.6. The number of nitrogens with one attached hydrogen (secondary N) is 1. The monoisotopic (exact) mass is 466 g/mol. The zero-order valence-corrected chi connectivity index (χ0v) is 19.5. The van der Waals surface area contributed by atoms with Gasteiger partial charge in [0, 0.05) is 26.7 Å². The van der Waals surface area contributed by atoms with Crippen molar-refractivity contribution in [3.63, 3.8) is 0 Å². The summed E-state index contributed by atoms with van der Waals surface area (Å²) in [5, 5.41) is 2.70. The number of rotatable bonds is 11. The van der Waals surface area contributed by atoms with Crippen molar-refractivity contribution in [2.45, 2.75) is 19.4 Å². The second kappa shape index (κ2) is 13.3. The van der Waals surface area contributed by atoms with Crippen LogP contribution in [-0.4, -0.2) is 57.8 Å². The Bertz CT molecular complexity index is 862. The SMILES string of the molecule is CNC(=O)CN(CCc1ccc(OCc2cccc(F)c2)c(OC)c1)CC1CCOC1.Cl. The zero-order valence-electron chi connectivity index (χ0n) is 18.6. The Morgan fingerprint density at radius 3 is 2.75 bits per heavy atom. The van der Waals surface area contributed by atoms with Gasteiger partial charge < -0.3 is 19.5 Å². The molecule has 1 heterocycles. The van der Waals surface area contributed by atoms with E-state index in [2.05, 4.69) is 10.2 Å². The van der Waals surface area contributed by atoms with Gasteiger partial charge in [0.2, 0.25) is 5.91 Å². The highest BCUT2D eigenvalue weighted by molar-refractivity contribution is 5.85. The molecule has 3 rings (SSSR count). The summed E-state index contributed by atoms with van der Waals surface area (Å²) in [5.41, 5.74) is 1.85. The van der Waals surface area contributed by atoms with Gasteiger partial charge in [-0.3, -0.25) is 9.69 Å². The van der Waals surface area contributed by atoms with Crippen LogP contribution < -0.4 is 14.8 Å². The minimum atomic E-state index is -0.283. The van der Waals surface area contributed by atoms with E-state index < -0.39 is 0 Å². The molecule has 1 fully saturated rings. The maximum Gasteiger partial charge on any atom is 0.233 e. The smallest absolute Gasteiger partial charge is 0.233 e. The molecular weight excluding hydrogens is 435 g/mol. The number of halogens is 2. The van der Waals surface area contributed by atoms with E-state index in [9.17, 15) is 9.18 Å². The van der Waals surface area contributed by atoms with E-state index in [1.165, 1.54) is 12.1 Å². The van der Waals surface area contributed by atoms with E-state index in [1.807, 2.05) is 24.3 Å². The molecule has 0 radical (unpaired) electrons. The molecule has 1 N–H and O–H groups in total. The maximum absolute atomic E-state index is 13.4. The average Bonchev–Trinajstić information content (AvgIpc) is 3.29. The largest absolute Gasteiger partial charge is 0.493 e. The quantitative estimate of drug-likeness (QED) is 0.549. The van der Waals surface area contributed by atoms with Crippen LogP contribution in [0.3, 0.4) is 0 Å². The lowest BCUT2D eigenvalue weighted by atomic mass is 10.1. The summed E-state index contributed by atoms with van der Waals surface area (Å²) in [4.78, 5) is 14.1. The molecule has 0 saturated carbocycles. The lowest BCUT2D eigenvalue weighted by Crippen LogP contribution is -2.39. The highest BCUT2D eigenvalue weighted by atomic mass is 35.5. The number of hydrogen-bond donors (Lipinski definition) is 1. The van der Waals surface area contributed by atoms with Gasteiger partial charge >= 0.3 is 0 Å². The molecule has 1 saturated heterocycles. The summed E-state index contributed by atoms with van der Waals surface area (Å²) in [7, 11) is 3.26. The normalized spacial score (nSPS) is 15.3. The summed E-state index contributed by atoms with van der Waals surface area (Å²) in [6.07, 6.45) is 1.82. The number of likely N-dealkylation sites (N-methyl/N-ethyl adjacent to an activating group) is 1. The Kier molecular flexibility index (Phi) is 10.7. The van der Waals surface area contributed by atoms with Crippen LogP contribution in [0.25, 0.3) is 0 Å². The predicted molar refractivity (Wildman–Crippen MR) is 124 cm³/mol. The third-order valence-electron chi connectivity index (χ3n) is 5.41. The van der Waals surface area contributed by atoms with Crippen molar-refractivity contribution in [3.8, 4) is 11.5 Å². The molecule has 1 aliphatic heterocycles. The van der Waals surface area contributed by atoms with Crippen molar-refractivity contribution >= 4 is 18.3 Å². The Morgan fingerprint density at radius 2 is 2.06 bits per heavy atom. The summed E-state index contributed by atoms with van der Waals surface area (Å²) >= 11 is 0. The fraction of sp³-hybridized carbons (Fsp3) is 0.458. The van der Waals surface area contributed by atoms with Crippen LogP contribution in [-0.2, 0) is 22.6 Å². The molecule has 0 spiro atoms. The highest BCUT2D eigenvalue weighted by Crippen LogP contribution is 2.29. The third-order valence-corrected chi connectivity index (χ3v) is 5.41. The van der Waals surface area contributed by atoms with Crippen molar-refractivity contribution < 1.29 is 23.4 Å². The van der Waals surface area contributed by atoms with Gasteiger partial charge in [-0.1, -0.05) is 18.2 Å². The molecule has 0 bridgehead atoms. The van der Waals surface area contributed by atoms with Crippen LogP contribution in [0.2, 0.25) is 0 Å². The van der Waals surface area contributed by atoms with Crippen LogP contribution >= 0.6 is 12.4 Å². The van der Waals surface area contributed by atoms with Gasteiger partial charge in [-0.05, 0) is 54.2 Å². The van der Waals surface area contributed by atoms with Crippen LogP contribution in [0.1, 0.15) is 17.5 Å². The molecule has 8 heteroatoms. The first-order valence-electron chi connectivity index (χ1n) is 10.6. The minimum absolute atomic E-state index is 0. The van der Waals surface area contributed by atoms with Crippen LogP contribution in [0.5, 0.6) is 11.5 Å². The Morgan fingerprint density at radius 1 is 1.22 bits per heavy atom. The number of nitrogens with zero attached hydrogens (tertiary/aromatic N) is 1. The molecule has 2 aromatic carbocycles. The number of hydrogen-bond acceptors (Lipinski definition) is 5. The van der Waals surface area contributed by atoms with Crippen molar-refractivity contribution in [3.05, 3.63) is 59.4 Å². The molecule has 1 amide bonds. The number of amides is 1. The Labute approximate surface area is 195 Å². The van der Waals surface area contributed by atoms with Crippen LogP contribution in [0.15, 0.2) is 42.5 Å². The van der Waals surface area contributed by atoms with E-state index in [-0.39, 0.29) is 30.7 Å². The van der Waals surface area contributed by atoms with Gasteiger partial charge in [-0.2, -0.15) is 0 Å². The molecular formula is C24H32ClFN2O4. The van der Waals surface area contributed by atoms with E-state index >= 15 is 0 Å². The second-order valence-corrected chi connectivity index (χ2v) is 7.79. The molecule has 0 aromatic heterocycles. The average molecular weight is 467 g/mol. The molecule has 2 aromatic rings. The molecule has 0 aliphatic carbocycles. The van der Waals surface area contributed by atoms with Gasteiger partial charge in [0.1, 0.15) is 12.4 Å². The van der Waals surface area contributed by atoms with E-state index in [4.69, 9.17) is 14.2 Å². The number of benzene rings is 2. The van der Waals surface area contributed by atoms with Crippen molar-refractivity contribution in [2.75, 3.05) is 47.0 Å². The minimum Gasteiger partial charge on any atom is -0.493 e. The first-order chi connectivity index (χ1) is 15.1. The zero-order chi connectivity index (χ0) is 22.1. The Hall–Kier alpha value is -2.35. The standard InChI is InChI=1S/C24H31FN2O4.ClH/c1-26-24(28)15-27(14-20-9-11-30-16-20)10-8-18-6-7-22(23(13-18)29-2)31-17-19-4-3-5-21(25)12-19;/h3-7,12-13,20H,8-11,14-17H2,1-2H3,(H,26,28);1H. The number of carbonyl (C=O) groups excluding carboxylic acids is 1. The van der Waals surface area contributed by atoms with Gasteiger partial charge in [0.15, 0.2) is 11.5 Å². The predicted octanol–water partition coefficient (Wildman–Crippen LogP) is 3.46. The van der Waals surface area contributed by atoms with Crippen molar-refractivity contribution in [1.29, 1.82) is 0 Å². The fourth-order valence-corrected chi connectivity index (χ4v) is 3.67. The van der Waals surface area contributed by atoms with Crippen LogP contribution in [0.4, 0.5) is 4.39 Å². The summed E-state index contributed by atoms with van der Waals surface area (Å²) in [6, 6.07) is 12.2. The lowest BCUT2D eigenvalue weighted by Gasteiger charge is -2.24. The second-order valence-electron chi connectivity index (χ2n) is 7.79. The Balaban J connectivity index is 0.00000363. The number of ether oxygens (including phenoxy) is 3. The van der Waals surface area contributed by atoms with E-state index in [0.717, 1.165) is 50.3 Å². The maximum atomic E-state index is 13.4. The van der Waals surface area contributed by atoms with Gasteiger partial charge in [-0.15, -0.1) is 12.4 Å². The van der Waals surface area contributed by atoms with E-state index in [1.54, 1.807) is 20.2 Å². The van der Waals surface area contributed by atoms with Gasteiger partial charge in [-0.25, -0.2) is 4.39 Å². The molecule has 1 unspecified atom stereocenters. The molecule has 1 atom stereocenters. The first kappa shape index (κ1) is 25.9. The van der Waals surface area contributed by atoms with Gasteiger partial charge in [0.05, 0.1) is 20.3 Å². The summed E-state index contributed by atoms with van der Waals surface area (Å²) in [6.45, 7) is 3.80. The molecule has 32 heavy (non-hydrogen) atoms. The third kappa shape index (κ3) is 7.97. The summed E-state index contributed by atoms with van der Waals surface area (Å²) < 4.78 is 30.2. The highest BCUT2D eigenvalue weighted by Gasteiger charge is 2.20. The van der Waals surface area contributed by atoms with Gasteiger partial charge in [0.25, 0.3) is 0 Å². The molecule has 176 valence electrons. The number of carbonyl (C=O) groups is 1. The lowest BCUT2D eigenvalue weighted by molar-refractivity contribution is -0.121. The molecule has 1 aliphatic rings. The van der Waals surface area contributed by atoms with Crippen molar-refractivity contribution in [2.24, 2.45) is 5.92 Å². The molecule has 6 nitrogen and oxygen atoms in total. The van der Waals surface area contributed by atoms with Crippen LogP contribution in [0, 0.1) is 11.7 Å². The summed E-state index contributed by atoms with van der Waals surface area (Å²) in [5.74, 6) is 1.45. The number of methoxy groups -OCH3 is 1. The van der Waals surface area contributed by atoms with E-state index in [0.29, 0.717) is 24.0 Å². The fourth-order valence-electron chi connectivity index (χ4n) is 3.67. The van der Waals surface area contributed by atoms with Crippen molar-refractivity contribution in [1.82, 2.24) is 10.2 Å².